The number of benzene rings is 3. The lowest BCUT2D eigenvalue weighted by Gasteiger charge is -2.34. The summed E-state index contributed by atoms with van der Waals surface area (Å²) in [5.74, 6) is -0.572. The lowest BCUT2D eigenvalue weighted by molar-refractivity contribution is -0.140. The first kappa shape index (κ1) is 31.2. The third-order valence-corrected chi connectivity index (χ3v) is 8.76. The maximum atomic E-state index is 14.2. The highest BCUT2D eigenvalue weighted by molar-refractivity contribution is 7.92. The van der Waals surface area contributed by atoms with E-state index in [0.29, 0.717) is 34.8 Å². The monoisotopic (exact) mass is 583 g/mol. The van der Waals surface area contributed by atoms with Gasteiger partial charge in [0.25, 0.3) is 10.0 Å². The van der Waals surface area contributed by atoms with E-state index >= 15 is 0 Å². The van der Waals surface area contributed by atoms with Gasteiger partial charge in [0.05, 0.1) is 10.6 Å². The molecule has 0 fully saturated rings. The SMILES string of the molecule is CCC(C(=O)NCC(C)C)N(Cc1ccccc1Cl)C(=O)CN(c1cc(C)ccc1C)S(=O)(=O)c1ccccc1. The molecule has 0 heterocycles. The standard InChI is InChI=1S/C31H38ClN3O4S/c1-6-28(31(37)33-19-22(2)3)34(20-25-12-10-11-15-27(25)32)30(36)21-35(29-18-23(4)16-17-24(29)5)40(38,39)26-13-8-7-9-14-26/h7-18,22,28H,6,19-21H2,1-5H3,(H,33,37). The van der Waals surface area contributed by atoms with Gasteiger partial charge in [0.2, 0.25) is 11.8 Å². The normalized spacial score (nSPS) is 12.2. The maximum absolute atomic E-state index is 14.2. The Balaban J connectivity index is 2.09. The number of carbonyl (C=O) groups excluding carboxylic acids is 2. The van der Waals surface area contributed by atoms with Crippen molar-refractivity contribution in [2.24, 2.45) is 5.92 Å². The van der Waals surface area contributed by atoms with Gasteiger partial charge >= 0.3 is 0 Å². The van der Waals surface area contributed by atoms with Gasteiger partial charge in [-0.1, -0.05) is 80.9 Å². The molecule has 0 spiro atoms. The number of anilines is 1. The maximum Gasteiger partial charge on any atom is 0.264 e. The molecule has 7 nitrogen and oxygen atoms in total. The van der Waals surface area contributed by atoms with Crippen molar-refractivity contribution < 1.29 is 18.0 Å². The number of nitrogens with zero attached hydrogens (tertiary/aromatic N) is 2. The molecule has 0 radical (unpaired) electrons. The van der Waals surface area contributed by atoms with Gasteiger partial charge in [-0.15, -0.1) is 0 Å². The first-order valence-electron chi connectivity index (χ1n) is 13.4. The van der Waals surface area contributed by atoms with Crippen LogP contribution in [0.4, 0.5) is 5.69 Å². The highest BCUT2D eigenvalue weighted by Crippen LogP contribution is 2.29. The van der Waals surface area contributed by atoms with E-state index in [4.69, 9.17) is 11.6 Å². The van der Waals surface area contributed by atoms with Crippen molar-refractivity contribution in [3.8, 4) is 0 Å². The molecule has 0 saturated heterocycles. The fourth-order valence-corrected chi connectivity index (χ4v) is 6.06. The lowest BCUT2D eigenvalue weighted by atomic mass is 10.1. The van der Waals surface area contributed by atoms with Crippen LogP contribution in [-0.2, 0) is 26.2 Å². The molecule has 0 bridgehead atoms. The number of aryl methyl sites for hydroxylation is 2. The number of halogens is 1. The van der Waals surface area contributed by atoms with Crippen LogP contribution < -0.4 is 9.62 Å². The highest BCUT2D eigenvalue weighted by Gasteiger charge is 2.34. The average molecular weight is 584 g/mol. The summed E-state index contributed by atoms with van der Waals surface area (Å²) in [5, 5.41) is 3.39. The molecule has 1 unspecified atom stereocenters. The summed E-state index contributed by atoms with van der Waals surface area (Å²) in [6.45, 7) is 9.51. The van der Waals surface area contributed by atoms with Gasteiger partial charge in [0.1, 0.15) is 12.6 Å². The van der Waals surface area contributed by atoms with Gasteiger partial charge in [0.15, 0.2) is 0 Å². The molecule has 3 rings (SSSR count). The Kier molecular flexibility index (Phi) is 10.8. The van der Waals surface area contributed by atoms with Crippen LogP contribution in [0.1, 0.15) is 43.9 Å². The van der Waals surface area contributed by atoms with Crippen LogP contribution in [0.3, 0.4) is 0 Å². The van der Waals surface area contributed by atoms with Crippen molar-refractivity contribution in [2.45, 2.75) is 58.5 Å². The van der Waals surface area contributed by atoms with Crippen LogP contribution in [-0.4, -0.2) is 44.3 Å². The Hall–Kier alpha value is -3.36. The first-order valence-corrected chi connectivity index (χ1v) is 15.2. The van der Waals surface area contributed by atoms with Crippen molar-refractivity contribution in [3.63, 3.8) is 0 Å². The van der Waals surface area contributed by atoms with Crippen molar-refractivity contribution in [3.05, 3.63) is 94.5 Å². The van der Waals surface area contributed by atoms with Crippen molar-refractivity contribution in [1.29, 1.82) is 0 Å². The van der Waals surface area contributed by atoms with E-state index < -0.39 is 28.5 Å². The largest absolute Gasteiger partial charge is 0.354 e. The lowest BCUT2D eigenvalue weighted by Crippen LogP contribution is -2.52. The van der Waals surface area contributed by atoms with Gasteiger partial charge in [-0.25, -0.2) is 8.42 Å². The molecular weight excluding hydrogens is 546 g/mol. The zero-order valence-electron chi connectivity index (χ0n) is 23.7. The molecule has 0 aliphatic heterocycles. The number of rotatable bonds is 12. The van der Waals surface area contributed by atoms with Crippen LogP contribution in [0.15, 0.2) is 77.7 Å². The summed E-state index contributed by atoms with van der Waals surface area (Å²) < 4.78 is 29.1. The van der Waals surface area contributed by atoms with E-state index in [9.17, 15) is 18.0 Å². The number of hydrogen-bond donors (Lipinski definition) is 1. The van der Waals surface area contributed by atoms with E-state index in [0.717, 1.165) is 9.87 Å². The van der Waals surface area contributed by atoms with Gasteiger partial charge in [-0.2, -0.15) is 0 Å². The summed E-state index contributed by atoms with van der Waals surface area (Å²) in [7, 11) is -4.12. The van der Waals surface area contributed by atoms with Gasteiger partial charge < -0.3 is 10.2 Å². The zero-order valence-corrected chi connectivity index (χ0v) is 25.3. The molecule has 0 aliphatic rings. The second kappa shape index (κ2) is 13.8. The van der Waals surface area contributed by atoms with E-state index in [-0.39, 0.29) is 23.3 Å². The molecule has 3 aromatic carbocycles. The number of carbonyl (C=O) groups is 2. The van der Waals surface area contributed by atoms with Crippen molar-refractivity contribution >= 4 is 39.1 Å². The predicted molar refractivity (Wildman–Crippen MR) is 161 cm³/mol. The van der Waals surface area contributed by atoms with E-state index in [2.05, 4.69) is 5.32 Å². The Morgan fingerprint density at radius 3 is 2.23 bits per heavy atom. The molecule has 3 aromatic rings. The molecular formula is C31H38ClN3O4S. The number of hydrogen-bond acceptors (Lipinski definition) is 4. The third kappa shape index (κ3) is 7.64. The van der Waals surface area contributed by atoms with E-state index in [1.165, 1.54) is 17.0 Å². The molecule has 214 valence electrons. The highest BCUT2D eigenvalue weighted by atomic mass is 35.5. The van der Waals surface area contributed by atoms with E-state index in [1.807, 2.05) is 52.8 Å². The smallest absolute Gasteiger partial charge is 0.264 e. The Labute approximate surface area is 243 Å². The zero-order chi connectivity index (χ0) is 29.4. The minimum absolute atomic E-state index is 0.0537. The Morgan fingerprint density at radius 1 is 0.950 bits per heavy atom. The number of amides is 2. The van der Waals surface area contributed by atoms with Crippen LogP contribution in [0.5, 0.6) is 0 Å². The van der Waals surface area contributed by atoms with Crippen LogP contribution in [0.25, 0.3) is 0 Å². The number of nitrogens with one attached hydrogen (secondary N) is 1. The summed E-state index contributed by atoms with van der Waals surface area (Å²) >= 11 is 6.45. The third-order valence-electron chi connectivity index (χ3n) is 6.61. The molecule has 9 heteroatoms. The topological polar surface area (TPSA) is 86.8 Å². The van der Waals surface area contributed by atoms with Crippen molar-refractivity contribution in [2.75, 3.05) is 17.4 Å². The molecule has 1 atom stereocenters. The number of sulfonamides is 1. The molecule has 2 amide bonds. The first-order chi connectivity index (χ1) is 18.9. The second-order valence-corrected chi connectivity index (χ2v) is 12.6. The summed E-state index contributed by atoms with van der Waals surface area (Å²) in [6.07, 6.45) is 0.342. The Morgan fingerprint density at radius 2 is 1.60 bits per heavy atom. The summed E-state index contributed by atoms with van der Waals surface area (Å²) in [5.41, 5.74) is 2.63. The van der Waals surface area contributed by atoms with E-state index in [1.54, 1.807) is 42.5 Å². The summed E-state index contributed by atoms with van der Waals surface area (Å²) in [6, 6.07) is 19.8. The minimum atomic E-state index is -4.12. The van der Waals surface area contributed by atoms with Crippen LogP contribution in [0, 0.1) is 19.8 Å². The van der Waals surface area contributed by atoms with Gasteiger partial charge in [0, 0.05) is 18.1 Å². The molecule has 40 heavy (non-hydrogen) atoms. The minimum Gasteiger partial charge on any atom is -0.354 e. The van der Waals surface area contributed by atoms with Gasteiger partial charge in [-0.05, 0) is 67.1 Å². The fourth-order valence-electron chi connectivity index (χ4n) is 4.37. The molecule has 0 saturated carbocycles. The fraction of sp³-hybridized carbons (Fsp3) is 0.355. The second-order valence-electron chi connectivity index (χ2n) is 10.3. The van der Waals surface area contributed by atoms with Crippen LogP contribution >= 0.6 is 11.6 Å². The molecule has 1 N–H and O–H groups in total. The van der Waals surface area contributed by atoms with Crippen LogP contribution in [0.2, 0.25) is 5.02 Å². The Bertz CT molecular complexity index is 1430. The van der Waals surface area contributed by atoms with Gasteiger partial charge in [-0.3, -0.25) is 13.9 Å². The average Bonchev–Trinajstić information content (AvgIpc) is 2.93. The predicted octanol–water partition coefficient (Wildman–Crippen LogP) is 5.73. The van der Waals surface area contributed by atoms with Crippen molar-refractivity contribution in [1.82, 2.24) is 10.2 Å². The molecule has 0 aliphatic carbocycles. The summed E-state index contributed by atoms with van der Waals surface area (Å²) in [4.78, 5) is 29.0. The molecule has 0 aromatic heterocycles. The quantitative estimate of drug-likeness (QED) is 0.295.